The van der Waals surface area contributed by atoms with Gasteiger partial charge in [0.05, 0.1) is 10.6 Å². The van der Waals surface area contributed by atoms with Gasteiger partial charge in [-0.1, -0.05) is 67.1 Å². The Morgan fingerprint density at radius 2 is 1.47 bits per heavy atom. The fraction of sp³-hybridized carbons (Fsp3) is 0.296. The number of rotatable bonds is 9. The molecular weight excluding hydrogens is 446 g/mol. The molecule has 1 amide bonds. The van der Waals surface area contributed by atoms with Crippen LogP contribution in [-0.4, -0.2) is 38.9 Å². The molecule has 0 spiro atoms. The van der Waals surface area contributed by atoms with E-state index in [0.717, 1.165) is 29.5 Å². The van der Waals surface area contributed by atoms with Crippen LogP contribution in [0.3, 0.4) is 0 Å². The van der Waals surface area contributed by atoms with Crippen molar-refractivity contribution in [3.8, 4) is 0 Å². The minimum atomic E-state index is -3.89. The minimum absolute atomic E-state index is 0.150. The lowest BCUT2D eigenvalue weighted by Crippen LogP contribution is -2.40. The molecule has 0 radical (unpaired) electrons. The van der Waals surface area contributed by atoms with Crippen molar-refractivity contribution < 1.29 is 13.2 Å². The maximum absolute atomic E-state index is 13.3. The molecular formula is C27H31N3O3S. The zero-order valence-corrected chi connectivity index (χ0v) is 20.1. The molecule has 34 heavy (non-hydrogen) atoms. The third kappa shape index (κ3) is 6.24. The van der Waals surface area contributed by atoms with Crippen molar-refractivity contribution in [3.05, 3.63) is 96.1 Å². The van der Waals surface area contributed by atoms with Gasteiger partial charge in [-0.3, -0.25) is 14.0 Å². The van der Waals surface area contributed by atoms with Gasteiger partial charge in [-0.25, -0.2) is 8.42 Å². The maximum Gasteiger partial charge on any atom is 0.264 e. The second-order valence-corrected chi connectivity index (χ2v) is 10.5. The molecule has 0 unspecified atom stereocenters. The quantitative estimate of drug-likeness (QED) is 0.502. The molecule has 4 rings (SSSR count). The summed E-state index contributed by atoms with van der Waals surface area (Å²) in [5.41, 5.74) is 2.68. The third-order valence-electron chi connectivity index (χ3n) is 6.00. The van der Waals surface area contributed by atoms with Gasteiger partial charge in [0, 0.05) is 13.1 Å². The number of benzene rings is 3. The number of hydrogen-bond donors (Lipinski definition) is 1. The average molecular weight is 478 g/mol. The van der Waals surface area contributed by atoms with Crippen molar-refractivity contribution in [2.75, 3.05) is 23.9 Å². The average Bonchev–Trinajstić information content (AvgIpc) is 2.88. The van der Waals surface area contributed by atoms with E-state index in [1.807, 2.05) is 18.2 Å². The number of sulfonamides is 1. The van der Waals surface area contributed by atoms with Crippen molar-refractivity contribution >= 4 is 21.6 Å². The Labute approximate surface area is 202 Å². The van der Waals surface area contributed by atoms with E-state index in [9.17, 15) is 13.2 Å². The second kappa shape index (κ2) is 11.3. The van der Waals surface area contributed by atoms with Gasteiger partial charge in [-0.15, -0.1) is 0 Å². The summed E-state index contributed by atoms with van der Waals surface area (Å²) in [6.07, 6.45) is 3.81. The summed E-state index contributed by atoms with van der Waals surface area (Å²) in [5, 5.41) is 2.89. The van der Waals surface area contributed by atoms with Crippen molar-refractivity contribution in [2.24, 2.45) is 0 Å². The molecule has 3 aromatic rings. The molecule has 7 heteroatoms. The molecule has 0 atom stereocenters. The number of carbonyl (C=O) groups is 1. The summed E-state index contributed by atoms with van der Waals surface area (Å²) in [5.74, 6) is -0.357. The standard InChI is InChI=1S/C27H31N3O3S/c31-27(28-20-23-11-10-12-24(19-23)21-29-17-8-3-9-18-29)22-30(25-13-4-1-5-14-25)34(32,33)26-15-6-2-7-16-26/h1-2,4-7,10-16,19H,3,8-9,17-18,20-22H2,(H,28,31). The van der Waals surface area contributed by atoms with E-state index in [2.05, 4.69) is 22.3 Å². The summed E-state index contributed by atoms with van der Waals surface area (Å²) in [6, 6.07) is 25.1. The topological polar surface area (TPSA) is 69.7 Å². The van der Waals surface area contributed by atoms with Gasteiger partial charge in [0.1, 0.15) is 6.54 Å². The molecule has 1 aliphatic heterocycles. The van der Waals surface area contributed by atoms with E-state index < -0.39 is 10.0 Å². The highest BCUT2D eigenvalue weighted by molar-refractivity contribution is 7.92. The van der Waals surface area contributed by atoms with Crippen LogP contribution in [0.4, 0.5) is 5.69 Å². The Morgan fingerprint density at radius 3 is 2.18 bits per heavy atom. The number of para-hydroxylation sites is 1. The molecule has 0 saturated carbocycles. The van der Waals surface area contributed by atoms with Gasteiger partial charge < -0.3 is 5.32 Å². The van der Waals surface area contributed by atoms with Gasteiger partial charge in [-0.05, 0) is 61.3 Å². The van der Waals surface area contributed by atoms with E-state index in [0.29, 0.717) is 12.2 Å². The fourth-order valence-corrected chi connectivity index (χ4v) is 5.67. The molecule has 0 aliphatic carbocycles. The van der Waals surface area contributed by atoms with Gasteiger partial charge >= 0.3 is 0 Å². The number of likely N-dealkylation sites (tertiary alicyclic amines) is 1. The largest absolute Gasteiger partial charge is 0.350 e. The summed E-state index contributed by atoms with van der Waals surface area (Å²) in [6.45, 7) is 3.23. The second-order valence-electron chi connectivity index (χ2n) is 8.59. The molecule has 178 valence electrons. The smallest absolute Gasteiger partial charge is 0.264 e. The van der Waals surface area contributed by atoms with Crippen molar-refractivity contribution in [1.29, 1.82) is 0 Å². The summed E-state index contributed by atoms with van der Waals surface area (Å²) >= 11 is 0. The highest BCUT2D eigenvalue weighted by Crippen LogP contribution is 2.23. The lowest BCUT2D eigenvalue weighted by atomic mass is 10.1. The molecule has 0 aromatic heterocycles. The van der Waals surface area contributed by atoms with E-state index in [-0.39, 0.29) is 17.3 Å². The normalized spacial score (nSPS) is 14.5. The van der Waals surface area contributed by atoms with Crippen LogP contribution in [0.15, 0.2) is 89.8 Å². The SMILES string of the molecule is O=C(CN(c1ccccc1)S(=O)(=O)c1ccccc1)NCc1cccc(CN2CCCCC2)c1. The van der Waals surface area contributed by atoms with Crippen LogP contribution in [0.25, 0.3) is 0 Å². The van der Waals surface area contributed by atoms with Crippen LogP contribution in [0.5, 0.6) is 0 Å². The van der Waals surface area contributed by atoms with Gasteiger partial charge in [-0.2, -0.15) is 0 Å². The first-order chi connectivity index (χ1) is 16.5. The Morgan fingerprint density at radius 1 is 0.824 bits per heavy atom. The van der Waals surface area contributed by atoms with Crippen molar-refractivity contribution in [3.63, 3.8) is 0 Å². The van der Waals surface area contributed by atoms with Crippen LogP contribution in [0.2, 0.25) is 0 Å². The number of nitrogens with zero attached hydrogens (tertiary/aromatic N) is 2. The predicted octanol–water partition coefficient (Wildman–Crippen LogP) is 4.18. The maximum atomic E-state index is 13.3. The number of amides is 1. The molecule has 1 fully saturated rings. The molecule has 1 aliphatic rings. The Balaban J connectivity index is 1.43. The van der Waals surface area contributed by atoms with E-state index in [4.69, 9.17) is 0 Å². The van der Waals surface area contributed by atoms with Crippen molar-refractivity contribution in [2.45, 2.75) is 37.2 Å². The van der Waals surface area contributed by atoms with Gasteiger partial charge in [0.2, 0.25) is 5.91 Å². The minimum Gasteiger partial charge on any atom is -0.350 e. The van der Waals surface area contributed by atoms with Gasteiger partial charge in [0.25, 0.3) is 10.0 Å². The monoisotopic (exact) mass is 477 g/mol. The van der Waals surface area contributed by atoms with Crippen LogP contribution < -0.4 is 9.62 Å². The Hall–Kier alpha value is -3.16. The first kappa shape index (κ1) is 24.0. The van der Waals surface area contributed by atoms with E-state index in [1.165, 1.54) is 37.0 Å². The number of piperidine rings is 1. The Bertz CT molecular complexity index is 1180. The zero-order chi connectivity index (χ0) is 23.8. The van der Waals surface area contributed by atoms with Crippen LogP contribution in [0, 0.1) is 0 Å². The highest BCUT2D eigenvalue weighted by Gasteiger charge is 2.26. The predicted molar refractivity (Wildman–Crippen MR) is 135 cm³/mol. The molecule has 1 heterocycles. The van der Waals surface area contributed by atoms with Crippen LogP contribution in [-0.2, 0) is 27.9 Å². The lowest BCUT2D eigenvalue weighted by Gasteiger charge is -2.26. The van der Waals surface area contributed by atoms with Crippen LogP contribution in [0.1, 0.15) is 30.4 Å². The molecule has 3 aromatic carbocycles. The number of carbonyl (C=O) groups excluding carboxylic acids is 1. The fourth-order valence-electron chi connectivity index (χ4n) is 4.23. The van der Waals surface area contributed by atoms with Crippen LogP contribution >= 0.6 is 0 Å². The Kier molecular flexibility index (Phi) is 7.98. The van der Waals surface area contributed by atoms with E-state index in [1.54, 1.807) is 42.5 Å². The molecule has 0 bridgehead atoms. The zero-order valence-electron chi connectivity index (χ0n) is 19.3. The first-order valence-electron chi connectivity index (χ1n) is 11.7. The molecule has 1 saturated heterocycles. The summed E-state index contributed by atoms with van der Waals surface area (Å²) in [7, 11) is -3.89. The lowest BCUT2D eigenvalue weighted by molar-refractivity contribution is -0.119. The van der Waals surface area contributed by atoms with E-state index >= 15 is 0 Å². The third-order valence-corrected chi connectivity index (χ3v) is 7.79. The van der Waals surface area contributed by atoms with Crippen molar-refractivity contribution in [1.82, 2.24) is 10.2 Å². The number of nitrogens with one attached hydrogen (secondary N) is 1. The highest BCUT2D eigenvalue weighted by atomic mass is 32.2. The summed E-state index contributed by atoms with van der Waals surface area (Å²) < 4.78 is 27.8. The number of anilines is 1. The molecule has 1 N–H and O–H groups in total. The van der Waals surface area contributed by atoms with Gasteiger partial charge in [0.15, 0.2) is 0 Å². The first-order valence-corrected chi connectivity index (χ1v) is 13.2. The number of hydrogen-bond acceptors (Lipinski definition) is 4. The summed E-state index contributed by atoms with van der Waals surface area (Å²) in [4.78, 5) is 15.5. The molecule has 6 nitrogen and oxygen atoms in total.